The minimum absolute atomic E-state index is 0.0737. The summed E-state index contributed by atoms with van der Waals surface area (Å²) < 4.78 is 1.62. The lowest BCUT2D eigenvalue weighted by molar-refractivity contribution is -0.140. The molecule has 5 rings (SSSR count). The van der Waals surface area contributed by atoms with Crippen LogP contribution in [0.15, 0.2) is 40.3 Å². The van der Waals surface area contributed by atoms with E-state index in [0.717, 1.165) is 40.7 Å². The van der Waals surface area contributed by atoms with E-state index in [-0.39, 0.29) is 23.1 Å². The summed E-state index contributed by atoms with van der Waals surface area (Å²) in [5.74, 6) is 0.357. The van der Waals surface area contributed by atoms with Gasteiger partial charge in [-0.05, 0) is 49.3 Å². The van der Waals surface area contributed by atoms with E-state index in [1.165, 1.54) is 21.5 Å². The van der Waals surface area contributed by atoms with Crippen molar-refractivity contribution in [2.24, 2.45) is 5.92 Å². The van der Waals surface area contributed by atoms with Gasteiger partial charge in [0.1, 0.15) is 4.83 Å². The molecule has 6 nitrogen and oxygen atoms in total. The molecule has 1 unspecified atom stereocenters. The number of para-hydroxylation sites is 1. The van der Waals surface area contributed by atoms with E-state index >= 15 is 0 Å². The molecule has 0 radical (unpaired) electrons. The second-order valence-corrected chi connectivity index (χ2v) is 10.3. The average Bonchev–Trinajstić information content (AvgIpc) is 3.35. The van der Waals surface area contributed by atoms with Crippen LogP contribution in [0.25, 0.3) is 15.9 Å². The van der Waals surface area contributed by atoms with Gasteiger partial charge < -0.3 is 0 Å². The van der Waals surface area contributed by atoms with Crippen LogP contribution in [-0.4, -0.2) is 38.6 Å². The third-order valence-electron chi connectivity index (χ3n) is 6.01. The van der Waals surface area contributed by atoms with E-state index in [9.17, 15) is 14.4 Å². The number of likely N-dealkylation sites (tertiary alicyclic amines) is 1. The standard InChI is InChI=1S/C23H23N3O3S2/c1-14-9-10-16-17(12-14)31-21-20(16)22(29)26(15-6-3-2-4-7-15)23(24-21)30-13-19(28)25-11-5-8-18(25)27/h2-4,6-7,14H,5,8-13H2,1H3. The molecule has 1 fully saturated rings. The van der Waals surface area contributed by atoms with E-state index < -0.39 is 0 Å². The molecule has 1 aliphatic heterocycles. The van der Waals surface area contributed by atoms with E-state index in [1.807, 2.05) is 30.3 Å². The Hall–Kier alpha value is -2.45. The van der Waals surface area contributed by atoms with Gasteiger partial charge in [0.25, 0.3) is 5.56 Å². The lowest BCUT2D eigenvalue weighted by atomic mass is 9.89. The van der Waals surface area contributed by atoms with Crippen molar-refractivity contribution in [3.63, 3.8) is 0 Å². The van der Waals surface area contributed by atoms with Gasteiger partial charge in [0.15, 0.2) is 5.16 Å². The fourth-order valence-electron chi connectivity index (χ4n) is 4.39. The number of benzene rings is 1. The number of carbonyl (C=O) groups is 2. The van der Waals surface area contributed by atoms with Gasteiger partial charge in [0.2, 0.25) is 11.8 Å². The number of carbonyl (C=O) groups excluding carboxylic acids is 2. The second kappa shape index (κ2) is 8.24. The predicted octanol–water partition coefficient (Wildman–Crippen LogP) is 3.81. The third-order valence-corrected chi connectivity index (χ3v) is 8.08. The fourth-order valence-corrected chi connectivity index (χ4v) is 6.70. The predicted molar refractivity (Wildman–Crippen MR) is 123 cm³/mol. The van der Waals surface area contributed by atoms with Gasteiger partial charge in [-0.25, -0.2) is 4.98 Å². The summed E-state index contributed by atoms with van der Waals surface area (Å²) in [7, 11) is 0. The largest absolute Gasteiger partial charge is 0.282 e. The van der Waals surface area contributed by atoms with Gasteiger partial charge in [0.05, 0.1) is 16.8 Å². The van der Waals surface area contributed by atoms with Gasteiger partial charge >= 0.3 is 0 Å². The van der Waals surface area contributed by atoms with E-state index in [0.29, 0.717) is 30.5 Å². The van der Waals surface area contributed by atoms with Crippen LogP contribution in [0, 0.1) is 5.92 Å². The molecule has 0 bridgehead atoms. The first-order valence-corrected chi connectivity index (χ1v) is 12.4. The highest BCUT2D eigenvalue weighted by Gasteiger charge is 2.28. The number of aromatic nitrogens is 2. The van der Waals surface area contributed by atoms with Crippen LogP contribution in [0.5, 0.6) is 0 Å². The number of nitrogens with zero attached hydrogens (tertiary/aromatic N) is 3. The van der Waals surface area contributed by atoms with Crippen molar-refractivity contribution in [3.05, 3.63) is 51.1 Å². The highest BCUT2D eigenvalue weighted by Crippen LogP contribution is 2.37. The first-order valence-electron chi connectivity index (χ1n) is 10.6. The summed E-state index contributed by atoms with van der Waals surface area (Å²) in [5.41, 5.74) is 1.81. The zero-order chi connectivity index (χ0) is 21.5. The van der Waals surface area contributed by atoms with Crippen LogP contribution in [0.4, 0.5) is 0 Å². The number of thiophene rings is 1. The molecule has 3 heterocycles. The number of fused-ring (bicyclic) bond motifs is 3. The van der Waals surface area contributed by atoms with Crippen molar-refractivity contribution in [2.75, 3.05) is 12.3 Å². The van der Waals surface area contributed by atoms with Crippen LogP contribution < -0.4 is 5.56 Å². The van der Waals surface area contributed by atoms with Crippen molar-refractivity contribution in [1.82, 2.24) is 14.5 Å². The Labute approximate surface area is 188 Å². The number of aryl methyl sites for hydroxylation is 1. The monoisotopic (exact) mass is 453 g/mol. The highest BCUT2D eigenvalue weighted by atomic mass is 32.2. The van der Waals surface area contributed by atoms with Crippen LogP contribution in [0.2, 0.25) is 0 Å². The Morgan fingerprint density at radius 2 is 2.03 bits per heavy atom. The summed E-state index contributed by atoms with van der Waals surface area (Å²) in [4.78, 5) is 46.4. The molecule has 2 aliphatic rings. The molecule has 0 saturated carbocycles. The zero-order valence-corrected chi connectivity index (χ0v) is 18.9. The SMILES string of the molecule is CC1CCc2c(sc3nc(SCC(=O)N4CCCC4=O)n(-c4ccccc4)c(=O)c23)C1. The van der Waals surface area contributed by atoms with Crippen LogP contribution in [-0.2, 0) is 22.4 Å². The second-order valence-electron chi connectivity index (χ2n) is 8.23. The Morgan fingerprint density at radius 1 is 1.23 bits per heavy atom. The van der Waals surface area contributed by atoms with Crippen molar-refractivity contribution in [2.45, 2.75) is 44.2 Å². The number of hydrogen-bond acceptors (Lipinski definition) is 6. The Morgan fingerprint density at radius 3 is 2.77 bits per heavy atom. The highest BCUT2D eigenvalue weighted by molar-refractivity contribution is 7.99. The smallest absolute Gasteiger partial charge is 0.267 e. The summed E-state index contributed by atoms with van der Waals surface area (Å²) in [6.07, 6.45) is 4.11. The molecule has 2 amide bonds. The quantitative estimate of drug-likeness (QED) is 0.444. The maximum atomic E-state index is 13.7. The van der Waals surface area contributed by atoms with Crippen molar-refractivity contribution < 1.29 is 9.59 Å². The van der Waals surface area contributed by atoms with Crippen molar-refractivity contribution in [3.8, 4) is 5.69 Å². The number of rotatable bonds is 4. The topological polar surface area (TPSA) is 72.3 Å². The van der Waals surface area contributed by atoms with Gasteiger partial charge in [0, 0.05) is 17.8 Å². The number of amides is 2. The van der Waals surface area contributed by atoms with Crippen LogP contribution in [0.1, 0.15) is 36.6 Å². The van der Waals surface area contributed by atoms with E-state index in [1.54, 1.807) is 15.9 Å². The summed E-state index contributed by atoms with van der Waals surface area (Å²) >= 11 is 2.84. The molecule has 1 aromatic carbocycles. The molecule has 31 heavy (non-hydrogen) atoms. The molecule has 8 heteroatoms. The lowest BCUT2D eigenvalue weighted by Gasteiger charge is -2.18. The van der Waals surface area contributed by atoms with Gasteiger partial charge in [-0.15, -0.1) is 11.3 Å². The summed E-state index contributed by atoms with van der Waals surface area (Å²) in [5, 5.41) is 1.22. The van der Waals surface area contributed by atoms with Crippen LogP contribution >= 0.6 is 23.1 Å². The van der Waals surface area contributed by atoms with Gasteiger partial charge in [-0.2, -0.15) is 0 Å². The molecule has 1 atom stereocenters. The van der Waals surface area contributed by atoms with Gasteiger partial charge in [-0.3, -0.25) is 23.9 Å². The fraction of sp³-hybridized carbons (Fsp3) is 0.391. The summed E-state index contributed by atoms with van der Waals surface area (Å²) in [6, 6.07) is 9.44. The van der Waals surface area contributed by atoms with E-state index in [4.69, 9.17) is 4.98 Å². The molecule has 3 aromatic rings. The Kier molecular flexibility index (Phi) is 5.44. The number of hydrogen-bond donors (Lipinski definition) is 0. The number of thioether (sulfide) groups is 1. The van der Waals surface area contributed by atoms with E-state index in [2.05, 4.69) is 6.92 Å². The Balaban J connectivity index is 1.58. The first kappa shape index (κ1) is 20.5. The molecule has 1 aliphatic carbocycles. The lowest BCUT2D eigenvalue weighted by Crippen LogP contribution is -2.33. The minimum Gasteiger partial charge on any atom is -0.282 e. The maximum absolute atomic E-state index is 13.7. The average molecular weight is 454 g/mol. The minimum atomic E-state index is -0.222. The van der Waals surface area contributed by atoms with Crippen LogP contribution in [0.3, 0.4) is 0 Å². The number of imide groups is 1. The molecular weight excluding hydrogens is 430 g/mol. The molecule has 0 N–H and O–H groups in total. The molecular formula is C23H23N3O3S2. The molecule has 160 valence electrons. The van der Waals surface area contributed by atoms with Crippen molar-refractivity contribution in [1.29, 1.82) is 0 Å². The third kappa shape index (κ3) is 3.72. The normalized spacial score (nSPS) is 18.5. The van der Waals surface area contributed by atoms with Gasteiger partial charge in [-0.1, -0.05) is 36.9 Å². The molecule has 0 spiro atoms. The first-order chi connectivity index (χ1) is 15.0. The zero-order valence-electron chi connectivity index (χ0n) is 17.3. The Bertz CT molecular complexity index is 1230. The van der Waals surface area contributed by atoms with Crippen molar-refractivity contribution >= 4 is 45.1 Å². The summed E-state index contributed by atoms with van der Waals surface area (Å²) in [6.45, 7) is 2.72. The molecule has 1 saturated heterocycles. The maximum Gasteiger partial charge on any atom is 0.267 e. The molecule has 2 aromatic heterocycles.